The molecule has 510 valence electrons. The molecule has 23 rings (SSSR count). The second kappa shape index (κ2) is 27.0. The van der Waals surface area contributed by atoms with Gasteiger partial charge in [0, 0.05) is 93.4 Å². The van der Waals surface area contributed by atoms with Crippen LogP contribution in [0.3, 0.4) is 0 Å². The van der Waals surface area contributed by atoms with E-state index in [0.29, 0.717) is 0 Å². The van der Waals surface area contributed by atoms with E-state index >= 15 is 0 Å². The van der Waals surface area contributed by atoms with Crippen molar-refractivity contribution < 1.29 is 0 Å². The van der Waals surface area contributed by atoms with Crippen LogP contribution >= 0.6 is 34.0 Å². The Morgan fingerprint density at radius 2 is 0.477 bits per heavy atom. The van der Waals surface area contributed by atoms with Gasteiger partial charge < -0.3 is 9.13 Å². The maximum absolute atomic E-state index is 2.37. The highest BCUT2D eigenvalue weighted by Crippen LogP contribution is 2.46. The van der Waals surface area contributed by atoms with Crippen LogP contribution in [0.1, 0.15) is 0 Å². The van der Waals surface area contributed by atoms with Crippen LogP contribution in [0, 0.1) is 0 Å². The monoisotopic (exact) mass is 1440 g/mol. The highest BCUT2D eigenvalue weighted by Gasteiger charge is 2.19. The van der Waals surface area contributed by atoms with E-state index in [0.717, 1.165) is 0 Å². The number of para-hydroxylation sites is 4. The summed E-state index contributed by atoms with van der Waals surface area (Å²) in [5.74, 6) is 0. The van der Waals surface area contributed by atoms with Crippen LogP contribution in [0.2, 0.25) is 0 Å². The van der Waals surface area contributed by atoms with Crippen molar-refractivity contribution in [2.45, 2.75) is 0 Å². The second-order valence-corrected chi connectivity index (χ2v) is 31.3. The van der Waals surface area contributed by atoms with Gasteiger partial charge in [0.25, 0.3) is 0 Å². The van der Waals surface area contributed by atoms with Crippen molar-refractivity contribution >= 4 is 160 Å². The molecule has 5 heteroatoms. The van der Waals surface area contributed by atoms with Gasteiger partial charge >= 0.3 is 0 Å². The van der Waals surface area contributed by atoms with Crippen LogP contribution in [-0.2, 0) is 0 Å². The Kier molecular flexibility index (Phi) is 15.9. The summed E-state index contributed by atoms with van der Waals surface area (Å²) in [5.41, 5.74) is 22.5. The molecule has 0 aliphatic heterocycles. The van der Waals surface area contributed by atoms with Gasteiger partial charge in [-0.05, 0) is 179 Å². The summed E-state index contributed by atoms with van der Waals surface area (Å²) in [6.45, 7) is 0. The van der Waals surface area contributed by atoms with Gasteiger partial charge in [-0.15, -0.1) is 34.0 Å². The third-order valence-electron chi connectivity index (χ3n) is 21.9. The van der Waals surface area contributed by atoms with Gasteiger partial charge in [-0.25, -0.2) is 0 Å². The molecule has 0 radical (unpaired) electrons. The number of benzene rings is 18. The van der Waals surface area contributed by atoms with E-state index in [4.69, 9.17) is 0 Å². The minimum Gasteiger partial charge on any atom is -0.309 e. The van der Waals surface area contributed by atoms with Gasteiger partial charge in [0.15, 0.2) is 0 Å². The minimum atomic E-state index is 1.19. The van der Waals surface area contributed by atoms with E-state index in [2.05, 4.69) is 410 Å². The molecule has 5 aromatic heterocycles. The lowest BCUT2D eigenvalue weighted by Gasteiger charge is -2.12. The quantitative estimate of drug-likeness (QED) is 0.134. The third kappa shape index (κ3) is 11.2. The fourth-order valence-corrected chi connectivity index (χ4v) is 20.5. The number of fused-ring (bicyclic) bond motifs is 18. The molecule has 0 aliphatic rings. The number of rotatable bonds is 8. The van der Waals surface area contributed by atoms with Crippen LogP contribution in [0.15, 0.2) is 400 Å². The standard InChI is InChI=1S/2C36H23NS.C32H20S/c1-2-12-27(13-3-1)37-33-18-6-4-14-29(33)32-23-25(20-21-34(32)37)24-10-8-11-26(22-24)28-16-9-17-31-30-15-5-7-19-35(30)38-36(28)31;1-2-9-27(10-3-1)37-33-15-6-4-11-29(33)32-23-26(21-22-34(32)37)24-17-19-25(20-18-24)28-13-8-14-31-30-12-5-7-16-35(30)38-36(28)31;1-2-9-24-23(8-1)20-30(27-11-4-3-10-26(24)27)22-18-16-21(17-19-22)25-13-7-14-29-28-12-5-6-15-31(28)33-32(25)29/h2*1-23H;1-20H. The summed E-state index contributed by atoms with van der Waals surface area (Å²) in [6.07, 6.45) is 0. The van der Waals surface area contributed by atoms with Crippen molar-refractivity contribution in [2.75, 3.05) is 0 Å². The average molecular weight is 1440 g/mol. The summed E-state index contributed by atoms with van der Waals surface area (Å²) in [7, 11) is 0. The maximum Gasteiger partial charge on any atom is 0.0541 e. The largest absolute Gasteiger partial charge is 0.309 e. The zero-order chi connectivity index (χ0) is 71.9. The minimum absolute atomic E-state index is 1.19. The first-order chi connectivity index (χ1) is 54.1. The summed E-state index contributed by atoms with van der Waals surface area (Å²) in [5, 5.41) is 18.4. The number of aromatic nitrogens is 2. The van der Waals surface area contributed by atoms with E-state index in [1.54, 1.807) is 0 Å². The lowest BCUT2D eigenvalue weighted by Crippen LogP contribution is -1.92. The molecule has 0 bridgehead atoms. The zero-order valence-corrected chi connectivity index (χ0v) is 61.7. The van der Waals surface area contributed by atoms with E-state index < -0.39 is 0 Å². The molecule has 18 aromatic carbocycles. The molecule has 2 nitrogen and oxygen atoms in total. The summed E-state index contributed by atoms with van der Waals surface area (Å²) >= 11 is 5.66. The Morgan fingerprint density at radius 3 is 0.963 bits per heavy atom. The normalized spacial score (nSPS) is 11.7. The molecule has 0 fully saturated rings. The number of nitrogens with zero attached hydrogens (tertiary/aromatic N) is 2. The maximum atomic E-state index is 2.37. The zero-order valence-electron chi connectivity index (χ0n) is 59.2. The van der Waals surface area contributed by atoms with Crippen molar-refractivity contribution in [3.8, 4) is 78.1 Å². The first-order valence-electron chi connectivity index (χ1n) is 37.2. The van der Waals surface area contributed by atoms with E-state index in [-0.39, 0.29) is 0 Å². The Bertz CT molecular complexity index is 7460. The first kappa shape index (κ1) is 64.1. The van der Waals surface area contributed by atoms with Gasteiger partial charge in [0.1, 0.15) is 0 Å². The summed E-state index contributed by atoms with van der Waals surface area (Å²) in [6, 6.07) is 146. The molecule has 109 heavy (non-hydrogen) atoms. The molecule has 23 aromatic rings. The summed E-state index contributed by atoms with van der Waals surface area (Å²) < 4.78 is 12.8. The second-order valence-electron chi connectivity index (χ2n) is 28.1. The fraction of sp³-hybridized carbons (Fsp3) is 0. The van der Waals surface area contributed by atoms with Crippen LogP contribution in [0.5, 0.6) is 0 Å². The molecule has 0 aliphatic carbocycles. The smallest absolute Gasteiger partial charge is 0.0541 e. The van der Waals surface area contributed by atoms with Gasteiger partial charge in [-0.2, -0.15) is 0 Å². The van der Waals surface area contributed by atoms with Crippen molar-refractivity contribution in [3.63, 3.8) is 0 Å². The Balaban J connectivity index is 0.000000104. The van der Waals surface area contributed by atoms with Crippen molar-refractivity contribution in [3.05, 3.63) is 400 Å². The van der Waals surface area contributed by atoms with Gasteiger partial charge in [-0.1, -0.05) is 309 Å². The van der Waals surface area contributed by atoms with Crippen molar-refractivity contribution in [2.24, 2.45) is 0 Å². The molecule has 0 spiro atoms. The Morgan fingerprint density at radius 1 is 0.156 bits per heavy atom. The molecule has 5 heterocycles. The topological polar surface area (TPSA) is 9.86 Å². The van der Waals surface area contributed by atoms with E-state index in [1.807, 2.05) is 34.0 Å². The third-order valence-corrected chi connectivity index (χ3v) is 25.6. The molecule has 0 amide bonds. The Labute approximate surface area is 642 Å². The van der Waals surface area contributed by atoms with Gasteiger partial charge in [0.05, 0.1) is 22.1 Å². The van der Waals surface area contributed by atoms with Gasteiger partial charge in [-0.3, -0.25) is 0 Å². The lowest BCUT2D eigenvalue weighted by atomic mass is 9.92. The predicted octanol–water partition coefficient (Wildman–Crippen LogP) is 30.7. The molecular weight excluding hydrogens is 1370 g/mol. The van der Waals surface area contributed by atoms with Crippen LogP contribution in [0.25, 0.3) is 204 Å². The average Bonchev–Trinajstić information content (AvgIpc) is 1.66. The van der Waals surface area contributed by atoms with Gasteiger partial charge in [0.2, 0.25) is 0 Å². The summed E-state index contributed by atoms with van der Waals surface area (Å²) in [4.78, 5) is 0. The molecule has 0 saturated carbocycles. The molecule has 0 unspecified atom stereocenters. The Hall–Kier alpha value is -13.3. The predicted molar refractivity (Wildman–Crippen MR) is 474 cm³/mol. The number of thiophene rings is 3. The molecular formula is C104H66N2S3. The number of hydrogen-bond donors (Lipinski definition) is 0. The fourth-order valence-electron chi connectivity index (χ4n) is 16.8. The van der Waals surface area contributed by atoms with Crippen LogP contribution < -0.4 is 0 Å². The molecule has 0 atom stereocenters. The lowest BCUT2D eigenvalue weighted by molar-refractivity contribution is 1.18. The van der Waals surface area contributed by atoms with Crippen LogP contribution in [-0.4, -0.2) is 9.13 Å². The first-order valence-corrected chi connectivity index (χ1v) is 39.6. The van der Waals surface area contributed by atoms with Crippen molar-refractivity contribution in [1.82, 2.24) is 9.13 Å². The van der Waals surface area contributed by atoms with E-state index in [1.165, 1.54) is 204 Å². The van der Waals surface area contributed by atoms with Crippen molar-refractivity contribution in [1.29, 1.82) is 0 Å². The van der Waals surface area contributed by atoms with E-state index in [9.17, 15) is 0 Å². The highest BCUT2D eigenvalue weighted by atomic mass is 32.1. The molecule has 0 N–H and O–H groups in total. The van der Waals surface area contributed by atoms with Crippen LogP contribution in [0.4, 0.5) is 0 Å². The number of hydrogen-bond acceptors (Lipinski definition) is 3. The molecule has 0 saturated heterocycles. The highest BCUT2D eigenvalue weighted by molar-refractivity contribution is 7.27. The SMILES string of the molecule is c1ccc(-n2c3ccccc3c3cc(-c4ccc(-c5cccc6c5sc5ccccc56)cc4)ccc32)cc1.c1ccc(-n2c3ccccc3c3cc(-c4cccc(-c5cccc6c5sc5ccccc56)c4)ccc32)cc1.c1ccc2c(c1)cc(-c1ccc(-c3cccc4c3sc3ccccc34)cc1)c1ccccc12.